The van der Waals surface area contributed by atoms with Gasteiger partial charge in [0.1, 0.15) is 0 Å². The van der Waals surface area contributed by atoms with Gasteiger partial charge < -0.3 is 15.7 Å². The van der Waals surface area contributed by atoms with Crippen LogP contribution in [0.25, 0.3) is 0 Å². The molecule has 1 aliphatic rings. The molecule has 0 radical (unpaired) electrons. The zero-order valence-corrected chi connectivity index (χ0v) is 12.8. The molecule has 0 saturated heterocycles. The molecule has 4 nitrogen and oxygen atoms in total. The highest BCUT2D eigenvalue weighted by Gasteiger charge is 2.20. The zero-order valence-electron chi connectivity index (χ0n) is 12.8. The van der Waals surface area contributed by atoms with E-state index in [9.17, 15) is 9.90 Å². The Morgan fingerprint density at radius 2 is 1.86 bits per heavy atom. The first-order valence-electron chi connectivity index (χ1n) is 7.93. The van der Waals surface area contributed by atoms with Crippen LogP contribution in [0.15, 0.2) is 24.3 Å². The molecule has 3 N–H and O–H groups in total. The van der Waals surface area contributed by atoms with E-state index in [1.54, 1.807) is 0 Å². The molecule has 1 aromatic carbocycles. The van der Waals surface area contributed by atoms with Gasteiger partial charge in [0.25, 0.3) is 5.91 Å². The van der Waals surface area contributed by atoms with Gasteiger partial charge in [-0.05, 0) is 31.9 Å². The Morgan fingerprint density at radius 1 is 1.14 bits per heavy atom. The van der Waals surface area contributed by atoms with Crippen molar-refractivity contribution in [2.45, 2.75) is 51.2 Å². The Bertz CT molecular complexity index is 445. The van der Waals surface area contributed by atoms with E-state index in [0.29, 0.717) is 18.7 Å². The third-order valence-corrected chi connectivity index (χ3v) is 4.11. The van der Waals surface area contributed by atoms with E-state index in [0.717, 1.165) is 24.8 Å². The first kappa shape index (κ1) is 16.0. The summed E-state index contributed by atoms with van der Waals surface area (Å²) < 4.78 is 0. The Balaban J connectivity index is 1.69. The highest BCUT2D eigenvalue weighted by atomic mass is 16.3. The number of hydrogen-bond donors (Lipinski definition) is 3. The fourth-order valence-corrected chi connectivity index (χ4v) is 2.77. The maximum atomic E-state index is 11.9. The van der Waals surface area contributed by atoms with E-state index in [4.69, 9.17) is 0 Å². The third kappa shape index (κ3) is 5.14. The molecule has 0 aromatic heterocycles. The van der Waals surface area contributed by atoms with Crippen molar-refractivity contribution in [1.29, 1.82) is 0 Å². The van der Waals surface area contributed by atoms with Crippen LogP contribution in [0.1, 0.15) is 48.0 Å². The molecule has 1 fully saturated rings. The molecule has 4 heteroatoms. The molecule has 0 aliphatic heterocycles. The van der Waals surface area contributed by atoms with Crippen LogP contribution in [0, 0.1) is 6.92 Å². The summed E-state index contributed by atoms with van der Waals surface area (Å²) in [4.78, 5) is 11.9. The normalized spacial score (nSPS) is 22.6. The maximum absolute atomic E-state index is 11.9. The van der Waals surface area contributed by atoms with Crippen LogP contribution in [0.3, 0.4) is 0 Å². The number of hydrogen-bond acceptors (Lipinski definition) is 3. The number of nitrogens with one attached hydrogen (secondary N) is 2. The minimum atomic E-state index is -0.250. The molecule has 1 aliphatic carbocycles. The average molecular weight is 290 g/mol. The van der Waals surface area contributed by atoms with E-state index in [-0.39, 0.29) is 18.1 Å². The summed E-state index contributed by atoms with van der Waals surface area (Å²) in [7, 11) is 0. The topological polar surface area (TPSA) is 61.4 Å². The van der Waals surface area contributed by atoms with Gasteiger partial charge in [0.05, 0.1) is 6.10 Å². The molecule has 1 aromatic rings. The summed E-state index contributed by atoms with van der Waals surface area (Å²) in [5.41, 5.74) is 1.84. The molecule has 116 valence electrons. The Hall–Kier alpha value is -1.39. The van der Waals surface area contributed by atoms with Gasteiger partial charge in [-0.2, -0.15) is 0 Å². The van der Waals surface area contributed by atoms with Gasteiger partial charge in [-0.25, -0.2) is 0 Å². The number of rotatable bonds is 5. The number of aryl methyl sites for hydroxylation is 1. The number of carbonyl (C=O) groups is 1. The van der Waals surface area contributed by atoms with E-state index < -0.39 is 0 Å². The molecule has 0 heterocycles. The molecule has 1 amide bonds. The van der Waals surface area contributed by atoms with Gasteiger partial charge in [0.15, 0.2) is 0 Å². The lowest BCUT2D eigenvalue weighted by molar-refractivity contribution is 0.0950. The first-order chi connectivity index (χ1) is 10.2. The lowest BCUT2D eigenvalue weighted by atomic mass is 10.1. The van der Waals surface area contributed by atoms with Crippen molar-refractivity contribution in [1.82, 2.24) is 10.6 Å². The van der Waals surface area contributed by atoms with Crippen LogP contribution in [-0.4, -0.2) is 36.2 Å². The van der Waals surface area contributed by atoms with Gasteiger partial charge in [0, 0.05) is 24.7 Å². The van der Waals surface area contributed by atoms with Crippen LogP contribution < -0.4 is 10.6 Å². The number of carbonyl (C=O) groups excluding carboxylic acids is 1. The van der Waals surface area contributed by atoms with Gasteiger partial charge in [-0.15, -0.1) is 0 Å². The quantitative estimate of drug-likeness (QED) is 0.574. The second kappa shape index (κ2) is 8.15. The second-order valence-corrected chi connectivity index (χ2v) is 5.89. The zero-order chi connectivity index (χ0) is 15.1. The van der Waals surface area contributed by atoms with Crippen LogP contribution in [-0.2, 0) is 0 Å². The summed E-state index contributed by atoms with van der Waals surface area (Å²) in [6, 6.07) is 7.73. The monoisotopic (exact) mass is 290 g/mol. The van der Waals surface area contributed by atoms with E-state index in [1.807, 2.05) is 31.2 Å². The summed E-state index contributed by atoms with van der Waals surface area (Å²) in [5.74, 6) is -0.0433. The molecule has 0 spiro atoms. The predicted octanol–water partition coefficient (Wildman–Crippen LogP) is 2.01. The van der Waals surface area contributed by atoms with Crippen molar-refractivity contribution in [2.75, 3.05) is 13.1 Å². The SMILES string of the molecule is Cc1ccc(C(=O)NCCNC2CCCCCC2O)cc1. The second-order valence-electron chi connectivity index (χ2n) is 5.89. The Kier molecular flexibility index (Phi) is 6.21. The Labute approximate surface area is 126 Å². The summed E-state index contributed by atoms with van der Waals surface area (Å²) in [6.45, 7) is 3.28. The number of aliphatic hydroxyl groups is 1. The standard InChI is InChI=1S/C17H26N2O2/c1-13-7-9-14(10-8-13)17(21)19-12-11-18-15-5-3-2-4-6-16(15)20/h7-10,15-16,18,20H,2-6,11-12H2,1H3,(H,19,21). The predicted molar refractivity (Wildman–Crippen MR) is 84.4 cm³/mol. The first-order valence-corrected chi connectivity index (χ1v) is 7.93. The van der Waals surface area contributed by atoms with E-state index in [1.165, 1.54) is 12.8 Å². The Morgan fingerprint density at radius 3 is 2.62 bits per heavy atom. The molecule has 0 bridgehead atoms. The number of amides is 1. The van der Waals surface area contributed by atoms with Crippen molar-refractivity contribution in [3.63, 3.8) is 0 Å². The molecular formula is C17H26N2O2. The lowest BCUT2D eigenvalue weighted by Gasteiger charge is -2.21. The highest BCUT2D eigenvalue weighted by Crippen LogP contribution is 2.17. The van der Waals surface area contributed by atoms with Gasteiger partial charge in [0.2, 0.25) is 0 Å². The van der Waals surface area contributed by atoms with Crippen molar-refractivity contribution < 1.29 is 9.90 Å². The summed E-state index contributed by atoms with van der Waals surface area (Å²) >= 11 is 0. The average Bonchev–Trinajstić information content (AvgIpc) is 2.69. The summed E-state index contributed by atoms with van der Waals surface area (Å²) in [5, 5.41) is 16.3. The number of benzene rings is 1. The fourth-order valence-electron chi connectivity index (χ4n) is 2.77. The van der Waals surface area contributed by atoms with Crippen molar-refractivity contribution in [3.05, 3.63) is 35.4 Å². The van der Waals surface area contributed by atoms with Crippen molar-refractivity contribution >= 4 is 5.91 Å². The van der Waals surface area contributed by atoms with Crippen LogP contribution in [0.2, 0.25) is 0 Å². The maximum Gasteiger partial charge on any atom is 0.251 e. The van der Waals surface area contributed by atoms with Crippen LogP contribution >= 0.6 is 0 Å². The molecule has 1 saturated carbocycles. The lowest BCUT2D eigenvalue weighted by Crippen LogP contribution is -2.42. The molecule has 2 rings (SSSR count). The highest BCUT2D eigenvalue weighted by molar-refractivity contribution is 5.94. The fraction of sp³-hybridized carbons (Fsp3) is 0.588. The van der Waals surface area contributed by atoms with Gasteiger partial charge >= 0.3 is 0 Å². The largest absolute Gasteiger partial charge is 0.392 e. The van der Waals surface area contributed by atoms with Crippen molar-refractivity contribution in [3.8, 4) is 0 Å². The molecule has 2 atom stereocenters. The minimum absolute atomic E-state index is 0.0433. The minimum Gasteiger partial charge on any atom is -0.392 e. The van der Waals surface area contributed by atoms with E-state index in [2.05, 4.69) is 10.6 Å². The molecule has 21 heavy (non-hydrogen) atoms. The van der Waals surface area contributed by atoms with Crippen molar-refractivity contribution in [2.24, 2.45) is 0 Å². The molecular weight excluding hydrogens is 264 g/mol. The van der Waals surface area contributed by atoms with Crippen LogP contribution in [0.5, 0.6) is 0 Å². The summed E-state index contributed by atoms with van der Waals surface area (Å²) in [6.07, 6.45) is 5.15. The van der Waals surface area contributed by atoms with Gasteiger partial charge in [-0.1, -0.05) is 37.0 Å². The van der Waals surface area contributed by atoms with Crippen LogP contribution in [0.4, 0.5) is 0 Å². The van der Waals surface area contributed by atoms with Gasteiger partial charge in [-0.3, -0.25) is 4.79 Å². The third-order valence-electron chi connectivity index (χ3n) is 4.11. The smallest absolute Gasteiger partial charge is 0.251 e. The van der Waals surface area contributed by atoms with E-state index >= 15 is 0 Å². The number of aliphatic hydroxyl groups excluding tert-OH is 1. The molecule has 2 unspecified atom stereocenters.